The molecule has 8 rings (SSSR count). The number of hydrogen-bond acceptors (Lipinski definition) is 2. The first-order chi connectivity index (χ1) is 17.6. The van der Waals surface area contributed by atoms with E-state index < -0.39 is 0 Å². The van der Waals surface area contributed by atoms with Crippen molar-refractivity contribution < 1.29 is 0 Å². The van der Waals surface area contributed by atoms with Crippen LogP contribution in [0.15, 0.2) is 103 Å². The first-order valence-corrected chi connectivity index (χ1v) is 12.4. The summed E-state index contributed by atoms with van der Waals surface area (Å²) in [6.07, 6.45) is 1.93. The normalized spacial score (nSPS) is 14.1. The van der Waals surface area contributed by atoms with E-state index in [0.717, 1.165) is 16.4 Å². The molecule has 0 saturated carbocycles. The van der Waals surface area contributed by atoms with Crippen LogP contribution >= 0.6 is 0 Å². The minimum Gasteiger partial charge on any atom is -0.277 e. The summed E-state index contributed by atoms with van der Waals surface area (Å²) in [6.45, 7) is 4.70. The molecule has 0 unspecified atom stereocenters. The van der Waals surface area contributed by atoms with Crippen LogP contribution in [-0.2, 0) is 5.41 Å². The van der Waals surface area contributed by atoms with Gasteiger partial charge in [-0.05, 0) is 39.8 Å². The SMILES string of the molecule is CC1(C)c2ccccc2-c2ccc3c(ccc4c5ccccc5n(-c5ncc6ccccc6n5)c34)c21. The van der Waals surface area contributed by atoms with Crippen molar-refractivity contribution in [1.29, 1.82) is 0 Å². The fourth-order valence-electron chi connectivity index (χ4n) is 6.44. The van der Waals surface area contributed by atoms with Gasteiger partial charge in [-0.3, -0.25) is 4.57 Å². The maximum Gasteiger partial charge on any atom is 0.235 e. The number of aromatic nitrogens is 3. The van der Waals surface area contributed by atoms with Crippen LogP contribution in [0, 0.1) is 0 Å². The fraction of sp³-hybridized carbons (Fsp3) is 0.0909. The molecule has 0 amide bonds. The Kier molecular flexibility index (Phi) is 3.73. The van der Waals surface area contributed by atoms with Gasteiger partial charge in [0.2, 0.25) is 5.95 Å². The van der Waals surface area contributed by atoms with E-state index in [0.29, 0.717) is 5.95 Å². The van der Waals surface area contributed by atoms with Crippen LogP contribution in [0.25, 0.3) is 60.6 Å². The minimum atomic E-state index is -0.0740. The highest BCUT2D eigenvalue weighted by molar-refractivity contribution is 6.20. The lowest BCUT2D eigenvalue weighted by atomic mass is 9.80. The molecule has 2 heterocycles. The molecule has 0 bridgehead atoms. The standard InChI is InChI=1S/C33H23N3/c1-33(2)27-12-6-4-10-21(27)23-15-18-26-24(30(23)33)16-17-25-22-11-5-8-14-29(22)36(31(25)26)32-34-19-20-9-3-7-13-28(20)35-32/h3-19H,1-2H3. The van der Waals surface area contributed by atoms with Gasteiger partial charge in [-0.15, -0.1) is 0 Å². The monoisotopic (exact) mass is 461 g/mol. The molecule has 0 saturated heterocycles. The van der Waals surface area contributed by atoms with Crippen LogP contribution in [0.1, 0.15) is 25.0 Å². The first kappa shape index (κ1) is 19.8. The number of hydrogen-bond donors (Lipinski definition) is 0. The summed E-state index contributed by atoms with van der Waals surface area (Å²) in [5, 5.41) is 6.02. The molecule has 0 atom stereocenters. The van der Waals surface area contributed by atoms with Crippen molar-refractivity contribution in [3.63, 3.8) is 0 Å². The number of benzene rings is 5. The third-order valence-corrected chi connectivity index (χ3v) is 8.02. The Labute approximate surface area is 208 Å². The van der Waals surface area contributed by atoms with Crippen molar-refractivity contribution in [2.24, 2.45) is 0 Å². The van der Waals surface area contributed by atoms with E-state index in [1.54, 1.807) is 0 Å². The van der Waals surface area contributed by atoms with Crippen molar-refractivity contribution in [1.82, 2.24) is 14.5 Å². The lowest BCUT2D eigenvalue weighted by Gasteiger charge is -2.23. The summed E-state index contributed by atoms with van der Waals surface area (Å²) >= 11 is 0. The van der Waals surface area contributed by atoms with Crippen molar-refractivity contribution in [3.8, 4) is 17.1 Å². The van der Waals surface area contributed by atoms with E-state index in [4.69, 9.17) is 9.97 Å². The third kappa shape index (κ3) is 2.42. The zero-order valence-electron chi connectivity index (χ0n) is 20.2. The maximum absolute atomic E-state index is 5.01. The molecule has 2 aromatic heterocycles. The largest absolute Gasteiger partial charge is 0.277 e. The fourth-order valence-corrected chi connectivity index (χ4v) is 6.44. The van der Waals surface area contributed by atoms with Crippen LogP contribution in [0.3, 0.4) is 0 Å². The number of rotatable bonds is 1. The summed E-state index contributed by atoms with van der Waals surface area (Å²) in [6, 6.07) is 34.8. The Bertz CT molecular complexity index is 2030. The lowest BCUT2D eigenvalue weighted by molar-refractivity contribution is 0.666. The van der Waals surface area contributed by atoms with Gasteiger partial charge in [0, 0.05) is 33.2 Å². The van der Waals surface area contributed by atoms with Crippen LogP contribution in [0.5, 0.6) is 0 Å². The maximum atomic E-state index is 5.01. The highest BCUT2D eigenvalue weighted by Crippen LogP contribution is 2.52. The van der Waals surface area contributed by atoms with E-state index >= 15 is 0 Å². The predicted molar refractivity (Wildman–Crippen MR) is 149 cm³/mol. The smallest absolute Gasteiger partial charge is 0.235 e. The van der Waals surface area contributed by atoms with E-state index in [9.17, 15) is 0 Å². The van der Waals surface area contributed by atoms with Gasteiger partial charge in [-0.2, -0.15) is 0 Å². The average Bonchev–Trinajstić information content (AvgIpc) is 3.38. The molecule has 3 heteroatoms. The molecule has 0 N–H and O–H groups in total. The molecular formula is C33H23N3. The van der Waals surface area contributed by atoms with E-state index in [2.05, 4.69) is 103 Å². The van der Waals surface area contributed by atoms with Gasteiger partial charge in [0.15, 0.2) is 0 Å². The molecule has 170 valence electrons. The Morgan fingerprint density at radius 3 is 2.31 bits per heavy atom. The third-order valence-electron chi connectivity index (χ3n) is 8.02. The van der Waals surface area contributed by atoms with Gasteiger partial charge in [-0.25, -0.2) is 9.97 Å². The van der Waals surface area contributed by atoms with Gasteiger partial charge < -0.3 is 0 Å². The number of fused-ring (bicyclic) bond motifs is 10. The summed E-state index contributed by atoms with van der Waals surface area (Å²) in [7, 11) is 0. The van der Waals surface area contributed by atoms with Crippen molar-refractivity contribution in [2.45, 2.75) is 19.3 Å². The first-order valence-electron chi connectivity index (χ1n) is 12.4. The minimum absolute atomic E-state index is 0.0740. The molecule has 1 aliphatic rings. The highest BCUT2D eigenvalue weighted by Gasteiger charge is 2.37. The number of para-hydroxylation sites is 2. The van der Waals surface area contributed by atoms with Crippen molar-refractivity contribution in [3.05, 3.63) is 114 Å². The second-order valence-electron chi connectivity index (χ2n) is 10.3. The topological polar surface area (TPSA) is 30.7 Å². The van der Waals surface area contributed by atoms with E-state index in [1.807, 2.05) is 18.3 Å². The molecule has 0 fully saturated rings. The van der Waals surface area contributed by atoms with Gasteiger partial charge in [-0.1, -0.05) is 98.8 Å². The Morgan fingerprint density at radius 1 is 0.639 bits per heavy atom. The number of nitrogens with zero attached hydrogens (tertiary/aromatic N) is 3. The molecule has 0 spiro atoms. The quantitative estimate of drug-likeness (QED) is 0.247. The lowest BCUT2D eigenvalue weighted by Crippen LogP contribution is -2.15. The van der Waals surface area contributed by atoms with Gasteiger partial charge in [0.05, 0.1) is 16.6 Å². The molecule has 7 aromatic rings. The molecular weight excluding hydrogens is 438 g/mol. The van der Waals surface area contributed by atoms with Crippen LogP contribution in [0.4, 0.5) is 0 Å². The van der Waals surface area contributed by atoms with Crippen LogP contribution in [0.2, 0.25) is 0 Å². The summed E-state index contributed by atoms with van der Waals surface area (Å²) in [4.78, 5) is 9.85. The zero-order chi connectivity index (χ0) is 24.0. The molecule has 0 radical (unpaired) electrons. The Hall–Kier alpha value is -4.50. The molecule has 5 aromatic carbocycles. The Morgan fingerprint density at radius 2 is 1.36 bits per heavy atom. The molecule has 36 heavy (non-hydrogen) atoms. The predicted octanol–water partition coefficient (Wildman–Crippen LogP) is 8.19. The Balaban J connectivity index is 1.54. The van der Waals surface area contributed by atoms with E-state index in [1.165, 1.54) is 49.3 Å². The highest BCUT2D eigenvalue weighted by atomic mass is 15.2. The van der Waals surface area contributed by atoms with Gasteiger partial charge >= 0.3 is 0 Å². The molecule has 1 aliphatic carbocycles. The summed E-state index contributed by atoms with van der Waals surface area (Å²) in [5.74, 6) is 0.704. The van der Waals surface area contributed by atoms with Crippen LogP contribution < -0.4 is 0 Å². The van der Waals surface area contributed by atoms with Gasteiger partial charge in [0.25, 0.3) is 0 Å². The van der Waals surface area contributed by atoms with Crippen LogP contribution in [-0.4, -0.2) is 14.5 Å². The summed E-state index contributed by atoms with van der Waals surface area (Å²) < 4.78 is 2.25. The molecule has 3 nitrogen and oxygen atoms in total. The molecule has 0 aliphatic heterocycles. The van der Waals surface area contributed by atoms with E-state index in [-0.39, 0.29) is 5.41 Å². The van der Waals surface area contributed by atoms with Crippen molar-refractivity contribution in [2.75, 3.05) is 0 Å². The van der Waals surface area contributed by atoms with Crippen molar-refractivity contribution >= 4 is 43.5 Å². The summed E-state index contributed by atoms with van der Waals surface area (Å²) in [5.41, 5.74) is 8.65. The zero-order valence-corrected chi connectivity index (χ0v) is 20.2. The second-order valence-corrected chi connectivity index (χ2v) is 10.3. The second kappa shape index (κ2) is 6.79. The van der Waals surface area contributed by atoms with Gasteiger partial charge in [0.1, 0.15) is 0 Å². The average molecular weight is 462 g/mol.